The van der Waals surface area contributed by atoms with Crippen molar-refractivity contribution in [2.24, 2.45) is 5.92 Å². The lowest BCUT2D eigenvalue weighted by Crippen LogP contribution is -2.47. The Morgan fingerprint density at radius 2 is 1.87 bits per heavy atom. The Hall–Kier alpha value is -1.66. The van der Waals surface area contributed by atoms with Crippen LogP contribution in [0.15, 0.2) is 30.3 Å². The molecule has 0 aromatic heterocycles. The van der Waals surface area contributed by atoms with Gasteiger partial charge in [0.2, 0.25) is 5.91 Å². The van der Waals surface area contributed by atoms with Crippen molar-refractivity contribution in [1.29, 1.82) is 0 Å². The summed E-state index contributed by atoms with van der Waals surface area (Å²) in [6.45, 7) is 13.8. The second-order valence-electron chi connectivity index (χ2n) is 10.2. The molecule has 1 aliphatic heterocycles. The van der Waals surface area contributed by atoms with Gasteiger partial charge in [0.15, 0.2) is 8.32 Å². The fraction of sp³-hybridized carbons (Fsp3) is 0.680. The van der Waals surface area contributed by atoms with Gasteiger partial charge >= 0.3 is 6.09 Å². The van der Waals surface area contributed by atoms with Crippen LogP contribution in [-0.4, -0.2) is 44.5 Å². The number of carbonyl (C=O) groups excluding carboxylic acids is 2. The molecule has 6 heteroatoms. The summed E-state index contributed by atoms with van der Waals surface area (Å²) >= 11 is 0. The maximum Gasteiger partial charge on any atom is 0.416 e. The summed E-state index contributed by atoms with van der Waals surface area (Å²) in [6, 6.07) is 9.70. The summed E-state index contributed by atoms with van der Waals surface area (Å²) in [5.41, 5.74) is 1.10. The number of rotatable bonds is 11. The molecule has 0 N–H and O–H groups in total. The summed E-state index contributed by atoms with van der Waals surface area (Å²) in [4.78, 5) is 27.4. The lowest BCUT2D eigenvalue weighted by atomic mass is 9.98. The molecule has 2 atom stereocenters. The second-order valence-corrected chi connectivity index (χ2v) is 15.1. The first-order chi connectivity index (χ1) is 14.6. The van der Waals surface area contributed by atoms with Crippen LogP contribution in [0.3, 0.4) is 0 Å². The first-order valence-corrected chi connectivity index (χ1v) is 14.7. The topological polar surface area (TPSA) is 55.8 Å². The van der Waals surface area contributed by atoms with Crippen molar-refractivity contribution in [3.63, 3.8) is 0 Å². The third kappa shape index (κ3) is 7.18. The minimum absolute atomic E-state index is 0.0746. The zero-order chi connectivity index (χ0) is 23.1. The molecule has 1 aromatic carbocycles. The number of cyclic esters (lactones) is 1. The summed E-state index contributed by atoms with van der Waals surface area (Å²) in [5, 5.41) is 0.0746. The van der Waals surface area contributed by atoms with Gasteiger partial charge in [-0.15, -0.1) is 0 Å². The smallest absolute Gasteiger partial charge is 0.416 e. The van der Waals surface area contributed by atoms with Gasteiger partial charge in [-0.05, 0) is 36.5 Å². The van der Waals surface area contributed by atoms with Crippen LogP contribution in [-0.2, 0) is 20.4 Å². The van der Waals surface area contributed by atoms with Crippen LogP contribution in [0.2, 0.25) is 18.1 Å². The van der Waals surface area contributed by atoms with E-state index in [4.69, 9.17) is 9.16 Å². The lowest BCUT2D eigenvalue weighted by molar-refractivity contribution is -0.134. The molecule has 0 bridgehead atoms. The van der Waals surface area contributed by atoms with Gasteiger partial charge < -0.3 is 9.16 Å². The average Bonchev–Trinajstić information content (AvgIpc) is 3.06. The number of benzene rings is 1. The van der Waals surface area contributed by atoms with E-state index in [-0.39, 0.29) is 29.5 Å². The average molecular weight is 448 g/mol. The fourth-order valence-electron chi connectivity index (χ4n) is 3.58. The molecule has 2 amide bonds. The number of amides is 2. The Morgan fingerprint density at radius 3 is 2.48 bits per heavy atom. The maximum atomic E-state index is 13.5. The molecule has 0 saturated carbocycles. The van der Waals surface area contributed by atoms with E-state index >= 15 is 0 Å². The Balaban J connectivity index is 2.13. The first kappa shape index (κ1) is 25.6. The number of nitrogens with zero attached hydrogens (tertiary/aromatic N) is 1. The first-order valence-electron chi connectivity index (χ1n) is 11.7. The Bertz CT molecular complexity index is 714. The molecule has 174 valence electrons. The molecule has 1 fully saturated rings. The minimum atomic E-state index is -1.99. The summed E-state index contributed by atoms with van der Waals surface area (Å²) in [7, 11) is -1.99. The Morgan fingerprint density at radius 1 is 1.19 bits per heavy atom. The highest BCUT2D eigenvalue weighted by Gasteiger charge is 2.42. The van der Waals surface area contributed by atoms with Gasteiger partial charge in [0.25, 0.3) is 0 Å². The Labute approximate surface area is 189 Å². The van der Waals surface area contributed by atoms with E-state index in [0.717, 1.165) is 37.7 Å². The van der Waals surface area contributed by atoms with E-state index in [1.165, 1.54) is 4.90 Å². The van der Waals surface area contributed by atoms with Crippen molar-refractivity contribution >= 4 is 20.3 Å². The molecule has 0 spiro atoms. The summed E-state index contributed by atoms with van der Waals surface area (Å²) < 4.78 is 11.7. The second kappa shape index (κ2) is 11.3. The van der Waals surface area contributed by atoms with Gasteiger partial charge in [-0.3, -0.25) is 4.79 Å². The molecule has 5 nitrogen and oxygen atoms in total. The van der Waals surface area contributed by atoms with Gasteiger partial charge in [0, 0.05) is 6.61 Å². The largest absolute Gasteiger partial charge is 0.447 e. The molecule has 2 rings (SSSR count). The molecule has 0 radical (unpaired) electrons. The summed E-state index contributed by atoms with van der Waals surface area (Å²) in [6.07, 6.45) is 5.22. The van der Waals surface area contributed by atoms with Gasteiger partial charge in [0.05, 0.1) is 12.0 Å². The zero-order valence-corrected chi connectivity index (χ0v) is 21.3. The van der Waals surface area contributed by atoms with Crippen LogP contribution in [0.25, 0.3) is 0 Å². The standard InChI is InChI=1S/C25H41NO4Si/c1-7-8-9-13-16-21(18-30-31(5,6)25(2,3)4)23(27)26-22(19-29-24(26)28)17-20-14-11-10-12-15-20/h10-12,14-15,21-22H,7-9,13,16-19H2,1-6H3/t21-,22+/m1/s1. The predicted molar refractivity (Wildman–Crippen MR) is 128 cm³/mol. The van der Waals surface area contributed by atoms with Crippen LogP contribution in [0, 0.1) is 5.92 Å². The van der Waals surface area contributed by atoms with Crippen LogP contribution in [0.1, 0.15) is 65.4 Å². The van der Waals surface area contributed by atoms with Gasteiger partial charge in [-0.25, -0.2) is 9.69 Å². The SMILES string of the molecule is CCCCCC[C@H](CO[Si](C)(C)C(C)(C)C)C(=O)N1C(=O)OC[C@@H]1Cc1ccccc1. The van der Waals surface area contributed by atoms with E-state index in [0.29, 0.717) is 13.0 Å². The monoisotopic (exact) mass is 447 g/mol. The molecule has 1 aliphatic rings. The van der Waals surface area contributed by atoms with Crippen LogP contribution in [0.4, 0.5) is 4.79 Å². The molecule has 0 unspecified atom stereocenters. The third-order valence-electron chi connectivity index (χ3n) is 6.72. The highest BCUT2D eigenvalue weighted by atomic mass is 28.4. The fourth-order valence-corrected chi connectivity index (χ4v) is 4.64. The lowest BCUT2D eigenvalue weighted by Gasteiger charge is -2.37. The van der Waals surface area contributed by atoms with Crippen molar-refractivity contribution in [3.05, 3.63) is 35.9 Å². The molecule has 1 aromatic rings. The highest BCUT2D eigenvalue weighted by Crippen LogP contribution is 2.37. The van der Waals surface area contributed by atoms with Crippen molar-refractivity contribution in [3.8, 4) is 0 Å². The van der Waals surface area contributed by atoms with Gasteiger partial charge in [-0.2, -0.15) is 0 Å². The molecular formula is C25H41NO4Si. The number of unbranched alkanes of at least 4 members (excludes halogenated alkanes) is 3. The number of imide groups is 1. The van der Waals surface area contributed by atoms with E-state index in [1.54, 1.807) is 0 Å². The zero-order valence-electron chi connectivity index (χ0n) is 20.3. The van der Waals surface area contributed by atoms with Crippen molar-refractivity contribution in [2.45, 2.75) is 90.4 Å². The van der Waals surface area contributed by atoms with Crippen molar-refractivity contribution in [2.75, 3.05) is 13.2 Å². The van der Waals surface area contributed by atoms with Crippen molar-refractivity contribution in [1.82, 2.24) is 4.90 Å². The van der Waals surface area contributed by atoms with Crippen molar-refractivity contribution < 1.29 is 18.8 Å². The highest BCUT2D eigenvalue weighted by molar-refractivity contribution is 6.74. The van der Waals surface area contributed by atoms with Gasteiger partial charge in [-0.1, -0.05) is 83.7 Å². The number of hydrogen-bond donors (Lipinski definition) is 0. The molecule has 0 aliphatic carbocycles. The number of hydrogen-bond acceptors (Lipinski definition) is 4. The maximum absolute atomic E-state index is 13.5. The van der Waals surface area contributed by atoms with Crippen LogP contribution >= 0.6 is 0 Å². The molecular weight excluding hydrogens is 406 g/mol. The quantitative estimate of drug-likeness (QED) is 0.300. The summed E-state index contributed by atoms with van der Waals surface area (Å²) in [5.74, 6) is -0.450. The van der Waals surface area contributed by atoms with E-state index in [2.05, 4.69) is 40.8 Å². The van der Waals surface area contributed by atoms with E-state index < -0.39 is 14.4 Å². The minimum Gasteiger partial charge on any atom is -0.447 e. The van der Waals surface area contributed by atoms with Crippen LogP contribution < -0.4 is 0 Å². The number of carbonyl (C=O) groups is 2. The normalized spacial score (nSPS) is 18.2. The third-order valence-corrected chi connectivity index (χ3v) is 11.2. The predicted octanol–water partition coefficient (Wildman–Crippen LogP) is 6.18. The van der Waals surface area contributed by atoms with Crippen LogP contribution in [0.5, 0.6) is 0 Å². The molecule has 31 heavy (non-hydrogen) atoms. The van der Waals surface area contributed by atoms with E-state index in [9.17, 15) is 9.59 Å². The number of ether oxygens (including phenoxy) is 1. The molecule has 1 saturated heterocycles. The Kier molecular flexibility index (Phi) is 9.31. The molecule has 1 heterocycles. The van der Waals surface area contributed by atoms with Gasteiger partial charge in [0.1, 0.15) is 6.61 Å². The van der Waals surface area contributed by atoms with E-state index in [1.807, 2.05) is 30.3 Å².